The van der Waals surface area contributed by atoms with Crippen molar-refractivity contribution in [3.8, 4) is 16.6 Å². The molecular weight excluding hydrogens is 492 g/mol. The molecule has 2 atom stereocenters. The molecule has 0 aliphatic heterocycles. The molecule has 1 aromatic heterocycles. The fourth-order valence-electron chi connectivity index (χ4n) is 2.80. The zero-order chi connectivity index (χ0) is 23.1. The molecule has 0 fully saturated rings. The third-order valence-electron chi connectivity index (χ3n) is 4.80. The lowest BCUT2D eigenvalue weighted by atomic mass is 9.98. The van der Waals surface area contributed by atoms with Gasteiger partial charge in [0.1, 0.15) is 11.0 Å². The van der Waals surface area contributed by atoms with E-state index in [1.165, 1.54) is 11.3 Å². The van der Waals surface area contributed by atoms with E-state index < -0.39 is 12.1 Å². The van der Waals surface area contributed by atoms with Crippen LogP contribution in [-0.2, 0) is 4.79 Å². The Bertz CT molecular complexity index is 1120. The highest BCUT2D eigenvalue weighted by Gasteiger charge is 2.27. The molecule has 10 heteroatoms. The van der Waals surface area contributed by atoms with Gasteiger partial charge in [0, 0.05) is 15.7 Å². The normalized spacial score (nSPS) is 12.3. The van der Waals surface area contributed by atoms with E-state index in [2.05, 4.69) is 42.1 Å². The quantitative estimate of drug-likeness (QED) is 0.410. The molecule has 0 saturated heterocycles. The Morgan fingerprint density at radius 2 is 1.78 bits per heavy atom. The SMILES string of the molecule is CCC(C)C(NC(=O)Nc1ccc(C#N)cc1)C(=O)Nc1nnc(-c2ccc(Br)cc2)s1. The zero-order valence-corrected chi connectivity index (χ0v) is 19.8. The Morgan fingerprint density at radius 3 is 2.41 bits per heavy atom. The summed E-state index contributed by atoms with van der Waals surface area (Å²) in [5, 5.41) is 26.3. The fraction of sp³-hybridized carbons (Fsp3) is 0.227. The van der Waals surface area contributed by atoms with Crippen molar-refractivity contribution in [3.63, 3.8) is 0 Å². The maximum absolute atomic E-state index is 12.9. The summed E-state index contributed by atoms with van der Waals surface area (Å²) in [6, 6.07) is 14.8. The van der Waals surface area contributed by atoms with Crippen LogP contribution in [0, 0.1) is 17.2 Å². The first-order chi connectivity index (χ1) is 15.4. The van der Waals surface area contributed by atoms with E-state index in [1.807, 2.05) is 44.2 Å². The van der Waals surface area contributed by atoms with E-state index in [1.54, 1.807) is 24.3 Å². The van der Waals surface area contributed by atoms with Crippen LogP contribution < -0.4 is 16.0 Å². The van der Waals surface area contributed by atoms with E-state index in [4.69, 9.17) is 5.26 Å². The number of nitrogens with one attached hydrogen (secondary N) is 3. The first kappa shape index (κ1) is 23.4. The lowest BCUT2D eigenvalue weighted by Crippen LogP contribution is -2.49. The smallest absolute Gasteiger partial charge is 0.319 e. The minimum absolute atomic E-state index is 0.111. The highest BCUT2D eigenvalue weighted by molar-refractivity contribution is 9.10. The molecule has 3 aromatic rings. The number of halogens is 1. The number of hydrogen-bond donors (Lipinski definition) is 3. The summed E-state index contributed by atoms with van der Waals surface area (Å²) >= 11 is 4.65. The highest BCUT2D eigenvalue weighted by Crippen LogP contribution is 2.27. The average molecular weight is 513 g/mol. The minimum atomic E-state index is -0.765. The summed E-state index contributed by atoms with van der Waals surface area (Å²) in [7, 11) is 0. The van der Waals surface area contributed by atoms with Crippen LogP contribution in [0.4, 0.5) is 15.6 Å². The lowest BCUT2D eigenvalue weighted by Gasteiger charge is -2.23. The van der Waals surface area contributed by atoms with E-state index in [0.717, 1.165) is 10.0 Å². The number of benzene rings is 2. The predicted molar refractivity (Wildman–Crippen MR) is 128 cm³/mol. The fourth-order valence-corrected chi connectivity index (χ4v) is 3.82. The van der Waals surface area contributed by atoms with Gasteiger partial charge in [-0.05, 0) is 42.3 Å². The lowest BCUT2D eigenvalue weighted by molar-refractivity contribution is -0.119. The van der Waals surface area contributed by atoms with Gasteiger partial charge in [0.2, 0.25) is 11.0 Å². The summed E-state index contributed by atoms with van der Waals surface area (Å²) < 4.78 is 0.959. The molecule has 164 valence electrons. The Kier molecular flexibility index (Phi) is 7.92. The second-order valence-electron chi connectivity index (χ2n) is 7.06. The van der Waals surface area contributed by atoms with Crippen LogP contribution in [0.1, 0.15) is 25.8 Å². The number of urea groups is 1. The van der Waals surface area contributed by atoms with Gasteiger partial charge in [-0.3, -0.25) is 10.1 Å². The van der Waals surface area contributed by atoms with Crippen molar-refractivity contribution in [2.45, 2.75) is 26.3 Å². The molecule has 32 heavy (non-hydrogen) atoms. The molecule has 1 heterocycles. The number of aromatic nitrogens is 2. The van der Waals surface area contributed by atoms with Gasteiger partial charge < -0.3 is 10.6 Å². The van der Waals surface area contributed by atoms with Gasteiger partial charge in [-0.1, -0.05) is 59.7 Å². The summed E-state index contributed by atoms with van der Waals surface area (Å²) in [6.45, 7) is 3.83. The third-order valence-corrected chi connectivity index (χ3v) is 6.22. The zero-order valence-electron chi connectivity index (χ0n) is 17.4. The van der Waals surface area contributed by atoms with E-state index in [-0.39, 0.29) is 11.8 Å². The van der Waals surface area contributed by atoms with Crippen LogP contribution in [-0.4, -0.2) is 28.2 Å². The summed E-state index contributed by atoms with van der Waals surface area (Å²) in [6.07, 6.45) is 0.690. The summed E-state index contributed by atoms with van der Waals surface area (Å²) in [5.74, 6) is -0.478. The standard InChI is InChI=1S/C22H21BrN6O2S/c1-3-13(2)18(26-21(31)25-17-10-4-14(12-24)5-11-17)19(30)27-22-29-28-20(32-22)15-6-8-16(23)9-7-15/h4-11,13,18H,3H2,1-2H3,(H2,25,26,31)(H,27,29,30). The molecule has 3 amide bonds. The molecule has 0 radical (unpaired) electrons. The Hall–Kier alpha value is -3.29. The summed E-state index contributed by atoms with van der Waals surface area (Å²) in [4.78, 5) is 25.4. The molecule has 0 spiro atoms. The van der Waals surface area contributed by atoms with Crippen molar-refractivity contribution in [1.82, 2.24) is 15.5 Å². The van der Waals surface area contributed by atoms with Gasteiger partial charge in [0.15, 0.2) is 0 Å². The molecule has 0 bridgehead atoms. The molecule has 3 rings (SSSR count). The van der Waals surface area contributed by atoms with Crippen LogP contribution in [0.3, 0.4) is 0 Å². The first-order valence-electron chi connectivity index (χ1n) is 9.87. The minimum Gasteiger partial charge on any atom is -0.326 e. The molecule has 2 aromatic carbocycles. The van der Waals surface area contributed by atoms with Gasteiger partial charge >= 0.3 is 6.03 Å². The second-order valence-corrected chi connectivity index (χ2v) is 8.95. The molecule has 2 unspecified atom stereocenters. The summed E-state index contributed by atoms with van der Waals surface area (Å²) in [5.41, 5.74) is 1.91. The van der Waals surface area contributed by atoms with Crippen LogP contribution in [0.5, 0.6) is 0 Å². The maximum Gasteiger partial charge on any atom is 0.319 e. The van der Waals surface area contributed by atoms with Gasteiger partial charge in [0.25, 0.3) is 0 Å². The Labute approximate surface area is 198 Å². The molecular formula is C22H21BrN6O2S. The third kappa shape index (κ3) is 6.12. The van der Waals surface area contributed by atoms with Gasteiger partial charge in [-0.2, -0.15) is 5.26 Å². The number of nitrogens with zero attached hydrogens (tertiary/aromatic N) is 3. The van der Waals surface area contributed by atoms with Gasteiger partial charge in [0.05, 0.1) is 11.6 Å². The number of rotatable bonds is 7. The van der Waals surface area contributed by atoms with E-state index >= 15 is 0 Å². The maximum atomic E-state index is 12.9. The van der Waals surface area contributed by atoms with Crippen molar-refractivity contribution in [1.29, 1.82) is 5.26 Å². The average Bonchev–Trinajstić information content (AvgIpc) is 3.26. The Morgan fingerprint density at radius 1 is 1.09 bits per heavy atom. The topological polar surface area (TPSA) is 120 Å². The first-order valence-corrected chi connectivity index (χ1v) is 11.5. The monoisotopic (exact) mass is 512 g/mol. The number of amides is 3. The largest absolute Gasteiger partial charge is 0.326 e. The van der Waals surface area contributed by atoms with Gasteiger partial charge in [-0.15, -0.1) is 10.2 Å². The van der Waals surface area contributed by atoms with Crippen molar-refractivity contribution in [2.24, 2.45) is 5.92 Å². The van der Waals surface area contributed by atoms with Crippen LogP contribution in [0.25, 0.3) is 10.6 Å². The number of carbonyl (C=O) groups is 2. The van der Waals surface area contributed by atoms with Crippen molar-refractivity contribution >= 4 is 50.0 Å². The molecule has 0 saturated carbocycles. The molecule has 0 aliphatic carbocycles. The molecule has 0 aliphatic rings. The van der Waals surface area contributed by atoms with Crippen molar-refractivity contribution in [3.05, 3.63) is 58.6 Å². The highest BCUT2D eigenvalue weighted by atomic mass is 79.9. The Balaban J connectivity index is 1.66. The predicted octanol–water partition coefficient (Wildman–Crippen LogP) is 5.01. The number of hydrogen-bond acceptors (Lipinski definition) is 6. The van der Waals surface area contributed by atoms with Crippen LogP contribution >= 0.6 is 27.3 Å². The van der Waals surface area contributed by atoms with Crippen LogP contribution in [0.15, 0.2) is 53.0 Å². The number of anilines is 2. The second kappa shape index (κ2) is 10.8. The number of nitriles is 1. The van der Waals surface area contributed by atoms with E-state index in [9.17, 15) is 9.59 Å². The van der Waals surface area contributed by atoms with Gasteiger partial charge in [-0.25, -0.2) is 4.79 Å². The van der Waals surface area contributed by atoms with Crippen molar-refractivity contribution in [2.75, 3.05) is 10.6 Å². The molecule has 3 N–H and O–H groups in total. The van der Waals surface area contributed by atoms with E-state index in [0.29, 0.717) is 27.8 Å². The number of carbonyl (C=O) groups excluding carboxylic acids is 2. The molecule has 8 nitrogen and oxygen atoms in total. The van der Waals surface area contributed by atoms with Crippen LogP contribution in [0.2, 0.25) is 0 Å². The van der Waals surface area contributed by atoms with Crippen molar-refractivity contribution < 1.29 is 9.59 Å².